The minimum absolute atomic E-state index is 0.0869. The molecule has 0 aromatic carbocycles. The van der Waals surface area contributed by atoms with E-state index in [4.69, 9.17) is 0 Å². The molecule has 0 bridgehead atoms. The van der Waals surface area contributed by atoms with Gasteiger partial charge in [0.2, 0.25) is 0 Å². The number of thiol groups is 1. The zero-order chi connectivity index (χ0) is 8.15. The smallest absolute Gasteiger partial charge is 0.0949 e. The standard InChI is InChI=1S/C5H20N2SSi2/c1-6(2)8(3)7(9-4)10-5/h8H,9-10H2,1-5H3. The Morgan fingerprint density at radius 1 is 1.10 bits per heavy atom. The molecule has 0 aliphatic carbocycles. The Morgan fingerprint density at radius 3 is 1.60 bits per heavy atom. The highest BCUT2D eigenvalue weighted by Gasteiger charge is 2.06. The van der Waals surface area contributed by atoms with Crippen molar-refractivity contribution in [3.05, 3.63) is 0 Å². The average molecular weight is 196 g/mol. The highest BCUT2D eigenvalue weighted by atomic mass is 32.2. The van der Waals surface area contributed by atoms with E-state index in [1.807, 2.05) is 0 Å². The third kappa shape index (κ3) is 3.20. The average Bonchev–Trinajstić information content (AvgIpc) is 1.90. The lowest BCUT2D eigenvalue weighted by Gasteiger charge is -2.35. The van der Waals surface area contributed by atoms with Crippen LogP contribution in [0.25, 0.3) is 0 Å². The summed E-state index contributed by atoms with van der Waals surface area (Å²) in [6.45, 7) is 4.78. The van der Waals surface area contributed by atoms with Gasteiger partial charge in [0.05, 0.1) is 19.4 Å². The zero-order valence-electron chi connectivity index (χ0n) is 7.76. The van der Waals surface area contributed by atoms with Crippen molar-refractivity contribution in [2.24, 2.45) is 0 Å². The first-order valence-corrected chi connectivity index (χ1v) is 9.58. The van der Waals surface area contributed by atoms with Crippen LogP contribution in [-0.4, -0.2) is 47.7 Å². The summed E-state index contributed by atoms with van der Waals surface area (Å²) in [6, 6.07) is 0. The van der Waals surface area contributed by atoms with E-state index in [9.17, 15) is 0 Å². The second kappa shape index (κ2) is 5.37. The van der Waals surface area contributed by atoms with Crippen LogP contribution in [0.15, 0.2) is 0 Å². The molecule has 0 amide bonds. The summed E-state index contributed by atoms with van der Waals surface area (Å²) < 4.78 is 5.12. The van der Waals surface area contributed by atoms with Crippen LogP contribution in [-0.2, 0) is 0 Å². The van der Waals surface area contributed by atoms with Gasteiger partial charge in [-0.1, -0.05) is 13.1 Å². The summed E-state index contributed by atoms with van der Waals surface area (Å²) in [5.74, 6) is 0. The van der Waals surface area contributed by atoms with Gasteiger partial charge in [0.1, 0.15) is 0 Å². The van der Waals surface area contributed by atoms with Crippen LogP contribution in [0.1, 0.15) is 0 Å². The first-order chi connectivity index (χ1) is 4.63. The summed E-state index contributed by atoms with van der Waals surface area (Å²) in [7, 11) is 4.61. The normalized spacial score (nSPS) is 18.9. The Labute approximate surface area is 72.4 Å². The minimum Gasteiger partial charge on any atom is -0.311 e. The van der Waals surface area contributed by atoms with Gasteiger partial charge >= 0.3 is 0 Å². The molecule has 2 nitrogen and oxygen atoms in total. The minimum atomic E-state index is 0.0869. The lowest BCUT2D eigenvalue weighted by atomic mass is 11.3. The van der Waals surface area contributed by atoms with Gasteiger partial charge in [0.15, 0.2) is 0 Å². The molecule has 5 heteroatoms. The van der Waals surface area contributed by atoms with Crippen LogP contribution < -0.4 is 0 Å². The molecule has 0 aromatic heterocycles. The summed E-state index contributed by atoms with van der Waals surface area (Å²) in [5, 5.41) is 0. The van der Waals surface area contributed by atoms with Crippen LogP contribution in [0.2, 0.25) is 13.1 Å². The first kappa shape index (κ1) is 10.7. The SMILES string of the molecule is C[SiH2]N([SiH2]C)[SH](C)N(C)C. The summed E-state index contributed by atoms with van der Waals surface area (Å²) in [4.78, 5) is 0. The van der Waals surface area contributed by atoms with Gasteiger partial charge in [-0.15, -0.1) is 0 Å². The van der Waals surface area contributed by atoms with Gasteiger partial charge in [-0.25, -0.2) is 0 Å². The predicted molar refractivity (Wildman–Crippen MR) is 59.3 cm³/mol. The highest BCUT2D eigenvalue weighted by molar-refractivity contribution is 8.13. The fourth-order valence-corrected chi connectivity index (χ4v) is 7.97. The Kier molecular flexibility index (Phi) is 5.74. The number of hydrogen-bond acceptors (Lipinski definition) is 2. The fraction of sp³-hybridized carbons (Fsp3) is 1.00. The number of hydrogen-bond donors (Lipinski definition) is 1. The molecular weight excluding hydrogens is 176 g/mol. The third-order valence-corrected chi connectivity index (χ3v) is 12.0. The van der Waals surface area contributed by atoms with E-state index in [-0.39, 0.29) is 30.6 Å². The maximum Gasteiger partial charge on any atom is 0.0949 e. The number of nitrogens with zero attached hydrogens (tertiary/aromatic N) is 2. The molecule has 0 radical (unpaired) electrons. The molecule has 0 aliphatic heterocycles. The maximum atomic E-state index is 2.76. The maximum absolute atomic E-state index is 2.76. The van der Waals surface area contributed by atoms with Crippen molar-refractivity contribution in [2.45, 2.75) is 13.1 Å². The highest BCUT2D eigenvalue weighted by Crippen LogP contribution is 2.25. The molecule has 0 rings (SSSR count). The van der Waals surface area contributed by atoms with E-state index in [0.717, 1.165) is 0 Å². The van der Waals surface area contributed by atoms with Crippen molar-refractivity contribution < 1.29 is 0 Å². The van der Waals surface area contributed by atoms with Gasteiger partial charge in [-0.3, -0.25) is 4.31 Å². The van der Waals surface area contributed by atoms with Gasteiger partial charge in [0.25, 0.3) is 0 Å². The molecule has 10 heavy (non-hydrogen) atoms. The van der Waals surface area contributed by atoms with Crippen molar-refractivity contribution in [3.63, 3.8) is 0 Å². The van der Waals surface area contributed by atoms with E-state index < -0.39 is 0 Å². The lowest BCUT2D eigenvalue weighted by molar-refractivity contribution is 0.678. The fourth-order valence-electron chi connectivity index (χ4n) is 0.886. The lowest BCUT2D eigenvalue weighted by Crippen LogP contribution is -2.30. The van der Waals surface area contributed by atoms with E-state index in [1.54, 1.807) is 0 Å². The van der Waals surface area contributed by atoms with Gasteiger partial charge in [0, 0.05) is 0 Å². The van der Waals surface area contributed by atoms with Gasteiger partial charge in [-0.2, -0.15) is 11.3 Å². The molecule has 0 aliphatic rings. The molecule has 0 heterocycles. The summed E-state index contributed by atoms with van der Waals surface area (Å²) >= 11 is 0.0869. The predicted octanol–water partition coefficient (Wildman–Crippen LogP) is -0.425. The van der Waals surface area contributed by atoms with E-state index >= 15 is 0 Å². The molecule has 64 valence electrons. The third-order valence-electron chi connectivity index (χ3n) is 1.72. The number of rotatable bonds is 4. The first-order valence-electron chi connectivity index (χ1n) is 3.79. The Morgan fingerprint density at radius 2 is 1.50 bits per heavy atom. The molecule has 1 atom stereocenters. The molecule has 0 spiro atoms. The van der Waals surface area contributed by atoms with E-state index in [1.165, 1.54) is 0 Å². The summed E-state index contributed by atoms with van der Waals surface area (Å²) in [6.07, 6.45) is 2.36. The van der Waals surface area contributed by atoms with Gasteiger partial charge in [-0.05, 0) is 20.4 Å². The van der Waals surface area contributed by atoms with Crippen LogP contribution in [0.4, 0.5) is 0 Å². The molecule has 0 saturated carbocycles. The van der Waals surface area contributed by atoms with Crippen LogP contribution in [0.3, 0.4) is 0 Å². The van der Waals surface area contributed by atoms with E-state index in [2.05, 4.69) is 41.4 Å². The van der Waals surface area contributed by atoms with Crippen molar-refractivity contribution in [2.75, 3.05) is 20.4 Å². The Hall–Kier alpha value is 0.704. The molecule has 0 aromatic rings. The summed E-state index contributed by atoms with van der Waals surface area (Å²) in [5.41, 5.74) is 0. The monoisotopic (exact) mass is 196 g/mol. The largest absolute Gasteiger partial charge is 0.311 e. The van der Waals surface area contributed by atoms with Crippen molar-refractivity contribution in [3.8, 4) is 0 Å². The van der Waals surface area contributed by atoms with Crippen LogP contribution in [0.5, 0.6) is 0 Å². The van der Waals surface area contributed by atoms with Crippen LogP contribution >= 0.6 is 11.3 Å². The van der Waals surface area contributed by atoms with E-state index in [0.29, 0.717) is 0 Å². The molecule has 1 unspecified atom stereocenters. The second-order valence-electron chi connectivity index (χ2n) is 2.48. The molecular formula is C5H20N2SSi2. The molecule has 0 saturated heterocycles. The quantitative estimate of drug-likeness (QED) is 0.482. The molecule has 0 fully saturated rings. The van der Waals surface area contributed by atoms with Gasteiger partial charge < -0.3 is 3.64 Å². The van der Waals surface area contributed by atoms with Crippen LogP contribution in [0, 0.1) is 0 Å². The van der Waals surface area contributed by atoms with Crippen molar-refractivity contribution >= 4 is 30.6 Å². The topological polar surface area (TPSA) is 6.48 Å². The van der Waals surface area contributed by atoms with Crippen molar-refractivity contribution in [1.29, 1.82) is 0 Å². The molecule has 0 N–H and O–H groups in total. The Bertz CT molecular complexity index is 87.7. The second-order valence-corrected chi connectivity index (χ2v) is 9.57. The zero-order valence-corrected chi connectivity index (χ0v) is 11.5. The van der Waals surface area contributed by atoms with Crippen molar-refractivity contribution in [1.82, 2.24) is 7.94 Å². The Balaban J connectivity index is 3.76.